The zero-order chi connectivity index (χ0) is 17.2. The lowest BCUT2D eigenvalue weighted by molar-refractivity contribution is -0.137. The predicted molar refractivity (Wildman–Crippen MR) is 78.1 cm³/mol. The molecule has 2 aromatic rings. The van der Waals surface area contributed by atoms with E-state index in [1.54, 1.807) is 18.2 Å². The molecule has 8 heteroatoms. The van der Waals surface area contributed by atoms with E-state index in [0.29, 0.717) is 17.2 Å². The number of halogens is 3. The van der Waals surface area contributed by atoms with Crippen LogP contribution in [0.1, 0.15) is 5.56 Å². The Bertz CT molecular complexity index is 761. The molecule has 1 aliphatic heterocycles. The molecule has 0 aliphatic carbocycles. The van der Waals surface area contributed by atoms with Gasteiger partial charge in [0.25, 0.3) is 5.91 Å². The maximum Gasteiger partial charge on any atom is 0.416 e. The van der Waals surface area contributed by atoms with Crippen LogP contribution in [0.3, 0.4) is 0 Å². The summed E-state index contributed by atoms with van der Waals surface area (Å²) in [5.74, 6) is 0.895. The van der Waals surface area contributed by atoms with Gasteiger partial charge in [-0.05, 0) is 30.3 Å². The van der Waals surface area contributed by atoms with Crippen LogP contribution in [-0.4, -0.2) is 19.3 Å². The van der Waals surface area contributed by atoms with Crippen molar-refractivity contribution in [3.63, 3.8) is 0 Å². The number of amides is 1. The highest BCUT2D eigenvalue weighted by Crippen LogP contribution is 2.35. The van der Waals surface area contributed by atoms with E-state index in [1.807, 2.05) is 0 Å². The van der Waals surface area contributed by atoms with Gasteiger partial charge in [0.2, 0.25) is 6.79 Å². The summed E-state index contributed by atoms with van der Waals surface area (Å²) in [5.41, 5.74) is -0.791. The molecule has 3 rings (SSSR count). The number of ether oxygens (including phenoxy) is 3. The second kappa shape index (κ2) is 6.31. The van der Waals surface area contributed by atoms with Crippen molar-refractivity contribution in [1.82, 2.24) is 0 Å². The average Bonchev–Trinajstić information content (AvgIpc) is 3.00. The molecule has 0 bridgehead atoms. The van der Waals surface area contributed by atoms with Crippen molar-refractivity contribution in [1.29, 1.82) is 0 Å². The second-order valence-corrected chi connectivity index (χ2v) is 4.93. The third-order valence-corrected chi connectivity index (χ3v) is 3.19. The summed E-state index contributed by atoms with van der Waals surface area (Å²) < 4.78 is 53.5. The largest absolute Gasteiger partial charge is 0.484 e. The molecule has 5 nitrogen and oxygen atoms in total. The zero-order valence-electron chi connectivity index (χ0n) is 12.2. The highest BCUT2D eigenvalue weighted by atomic mass is 19.4. The number of fused-ring (bicyclic) bond motifs is 1. The molecule has 126 valence electrons. The topological polar surface area (TPSA) is 56.8 Å². The number of hydrogen-bond acceptors (Lipinski definition) is 4. The van der Waals surface area contributed by atoms with Gasteiger partial charge in [0.15, 0.2) is 18.1 Å². The SMILES string of the molecule is O=C(COc1ccc2c(c1)OCO2)Nc1cccc(C(F)(F)F)c1. The van der Waals surface area contributed by atoms with Crippen molar-refractivity contribution in [3.05, 3.63) is 48.0 Å². The molecule has 1 aliphatic rings. The lowest BCUT2D eigenvalue weighted by atomic mass is 10.2. The van der Waals surface area contributed by atoms with Crippen LogP contribution >= 0.6 is 0 Å². The van der Waals surface area contributed by atoms with Gasteiger partial charge in [0.05, 0.1) is 5.56 Å². The summed E-state index contributed by atoms with van der Waals surface area (Å²) in [4.78, 5) is 11.8. The number of hydrogen-bond donors (Lipinski definition) is 1. The molecule has 24 heavy (non-hydrogen) atoms. The number of anilines is 1. The zero-order valence-corrected chi connectivity index (χ0v) is 12.2. The molecule has 1 amide bonds. The summed E-state index contributed by atoms with van der Waals surface area (Å²) in [6, 6.07) is 9.19. The molecular formula is C16H12F3NO4. The first kappa shape index (κ1) is 16.0. The normalized spacial score (nSPS) is 12.8. The van der Waals surface area contributed by atoms with E-state index < -0.39 is 17.6 Å². The summed E-state index contributed by atoms with van der Waals surface area (Å²) in [7, 11) is 0. The maximum atomic E-state index is 12.6. The minimum atomic E-state index is -4.47. The molecular weight excluding hydrogens is 327 g/mol. The van der Waals surface area contributed by atoms with Crippen molar-refractivity contribution in [3.8, 4) is 17.2 Å². The maximum absolute atomic E-state index is 12.6. The average molecular weight is 339 g/mol. The highest BCUT2D eigenvalue weighted by molar-refractivity contribution is 5.91. The Morgan fingerprint density at radius 3 is 2.71 bits per heavy atom. The number of carbonyl (C=O) groups is 1. The van der Waals surface area contributed by atoms with Crippen LogP contribution in [0.4, 0.5) is 18.9 Å². The van der Waals surface area contributed by atoms with E-state index in [2.05, 4.69) is 5.32 Å². The Kier molecular flexibility index (Phi) is 4.20. The van der Waals surface area contributed by atoms with E-state index in [9.17, 15) is 18.0 Å². The standard InChI is InChI=1S/C16H12F3NO4/c17-16(18,19)10-2-1-3-11(6-10)20-15(21)8-22-12-4-5-13-14(7-12)24-9-23-13/h1-7H,8-9H2,(H,20,21). The van der Waals surface area contributed by atoms with Gasteiger partial charge in [-0.2, -0.15) is 13.2 Å². The van der Waals surface area contributed by atoms with Crippen molar-refractivity contribution in [2.75, 3.05) is 18.7 Å². The lowest BCUT2D eigenvalue weighted by Crippen LogP contribution is -2.20. The minimum Gasteiger partial charge on any atom is -0.484 e. The number of rotatable bonds is 4. The molecule has 2 aromatic carbocycles. The van der Waals surface area contributed by atoms with Crippen LogP contribution in [0.25, 0.3) is 0 Å². The molecule has 0 unspecified atom stereocenters. The Labute approximate surface area is 134 Å². The fourth-order valence-corrected chi connectivity index (χ4v) is 2.09. The minimum absolute atomic E-state index is 0.0455. The molecule has 0 radical (unpaired) electrons. The number of nitrogens with one attached hydrogen (secondary N) is 1. The van der Waals surface area contributed by atoms with Gasteiger partial charge in [-0.1, -0.05) is 6.07 Å². The smallest absolute Gasteiger partial charge is 0.416 e. The first-order valence-corrected chi connectivity index (χ1v) is 6.91. The third-order valence-electron chi connectivity index (χ3n) is 3.19. The van der Waals surface area contributed by atoms with Crippen LogP contribution in [0.15, 0.2) is 42.5 Å². The second-order valence-electron chi connectivity index (χ2n) is 4.93. The Hall–Kier alpha value is -2.90. The van der Waals surface area contributed by atoms with Crippen LogP contribution in [0.5, 0.6) is 17.2 Å². The molecule has 1 heterocycles. The summed E-state index contributed by atoms with van der Waals surface area (Å²) in [6.07, 6.45) is -4.47. The molecule has 0 aromatic heterocycles. The van der Waals surface area contributed by atoms with Crippen molar-refractivity contribution in [2.24, 2.45) is 0 Å². The summed E-state index contributed by atoms with van der Waals surface area (Å²) in [5, 5.41) is 2.36. The first-order chi connectivity index (χ1) is 11.4. The summed E-state index contributed by atoms with van der Waals surface area (Å²) in [6.45, 7) is -0.231. The third kappa shape index (κ3) is 3.70. The van der Waals surface area contributed by atoms with E-state index in [0.717, 1.165) is 12.1 Å². The van der Waals surface area contributed by atoms with Crippen LogP contribution in [-0.2, 0) is 11.0 Å². The van der Waals surface area contributed by atoms with E-state index in [1.165, 1.54) is 12.1 Å². The van der Waals surface area contributed by atoms with Crippen LogP contribution < -0.4 is 19.5 Å². The Balaban J connectivity index is 1.58. The predicted octanol–water partition coefficient (Wildman–Crippen LogP) is 3.45. The van der Waals surface area contributed by atoms with Crippen molar-refractivity contribution < 1.29 is 32.2 Å². The van der Waals surface area contributed by atoms with E-state index in [4.69, 9.17) is 14.2 Å². The number of benzene rings is 2. The molecule has 0 saturated heterocycles. The first-order valence-electron chi connectivity index (χ1n) is 6.91. The van der Waals surface area contributed by atoms with Gasteiger partial charge >= 0.3 is 6.18 Å². The van der Waals surface area contributed by atoms with Crippen LogP contribution in [0.2, 0.25) is 0 Å². The molecule has 0 saturated carbocycles. The van der Waals surface area contributed by atoms with Gasteiger partial charge in [0.1, 0.15) is 5.75 Å². The van der Waals surface area contributed by atoms with Crippen LogP contribution in [0, 0.1) is 0 Å². The monoisotopic (exact) mass is 339 g/mol. The fraction of sp³-hybridized carbons (Fsp3) is 0.188. The number of carbonyl (C=O) groups excluding carboxylic acids is 1. The Morgan fingerprint density at radius 2 is 1.92 bits per heavy atom. The van der Waals surface area contributed by atoms with Gasteiger partial charge in [-0.15, -0.1) is 0 Å². The van der Waals surface area contributed by atoms with Crippen molar-refractivity contribution in [2.45, 2.75) is 6.18 Å². The lowest BCUT2D eigenvalue weighted by Gasteiger charge is -2.10. The van der Waals surface area contributed by atoms with Gasteiger partial charge in [-0.3, -0.25) is 4.79 Å². The van der Waals surface area contributed by atoms with Gasteiger partial charge in [0, 0.05) is 11.8 Å². The fourth-order valence-electron chi connectivity index (χ4n) is 2.09. The highest BCUT2D eigenvalue weighted by Gasteiger charge is 2.30. The Morgan fingerprint density at radius 1 is 1.12 bits per heavy atom. The molecule has 0 atom stereocenters. The molecule has 0 spiro atoms. The van der Waals surface area contributed by atoms with E-state index >= 15 is 0 Å². The van der Waals surface area contributed by atoms with Gasteiger partial charge in [-0.25, -0.2) is 0 Å². The van der Waals surface area contributed by atoms with Gasteiger partial charge < -0.3 is 19.5 Å². The van der Waals surface area contributed by atoms with Crippen molar-refractivity contribution >= 4 is 11.6 Å². The molecule has 0 fully saturated rings. The molecule has 1 N–H and O–H groups in total. The quantitative estimate of drug-likeness (QED) is 0.927. The van der Waals surface area contributed by atoms with E-state index in [-0.39, 0.29) is 19.1 Å². The summed E-state index contributed by atoms with van der Waals surface area (Å²) >= 11 is 0. The number of alkyl halides is 3.